The van der Waals surface area contributed by atoms with Gasteiger partial charge in [-0.25, -0.2) is 0 Å². The number of hydrogen-bond donors (Lipinski definition) is 1. The van der Waals surface area contributed by atoms with Crippen LogP contribution in [0, 0.1) is 0 Å². The molecule has 0 bridgehead atoms. The lowest BCUT2D eigenvalue weighted by atomic mass is 10.0. The van der Waals surface area contributed by atoms with E-state index < -0.39 is 0 Å². The fourth-order valence-electron chi connectivity index (χ4n) is 1.95. The Labute approximate surface area is 110 Å². The first-order valence-corrected chi connectivity index (χ1v) is 6.61. The minimum Gasteiger partial charge on any atom is -0.381 e. The molecule has 0 spiro atoms. The second-order valence-corrected chi connectivity index (χ2v) is 4.97. The maximum Gasteiger partial charge on any atom is 0.0366 e. The first-order chi connectivity index (χ1) is 8.75. The number of hydrogen-bond acceptors (Lipinski definition) is 1. The van der Waals surface area contributed by atoms with Crippen LogP contribution in [0.4, 0.5) is 5.69 Å². The lowest BCUT2D eigenvalue weighted by Gasteiger charge is -2.10. The van der Waals surface area contributed by atoms with Gasteiger partial charge in [0.05, 0.1) is 0 Å². The molecule has 0 aliphatic heterocycles. The van der Waals surface area contributed by atoms with Crippen molar-refractivity contribution in [3.8, 4) is 0 Å². The zero-order chi connectivity index (χ0) is 12.8. The van der Waals surface area contributed by atoms with Crippen molar-refractivity contribution in [3.63, 3.8) is 0 Å². The molecule has 1 aromatic rings. The van der Waals surface area contributed by atoms with Crippen molar-refractivity contribution < 1.29 is 0 Å². The summed E-state index contributed by atoms with van der Waals surface area (Å²) in [4.78, 5) is 0. The van der Waals surface area contributed by atoms with Gasteiger partial charge in [0.2, 0.25) is 0 Å². The van der Waals surface area contributed by atoms with Gasteiger partial charge in [0.1, 0.15) is 0 Å². The molecule has 1 nitrogen and oxygen atoms in total. The van der Waals surface area contributed by atoms with Gasteiger partial charge in [0.25, 0.3) is 0 Å². The van der Waals surface area contributed by atoms with Crippen molar-refractivity contribution in [2.75, 3.05) is 11.9 Å². The summed E-state index contributed by atoms with van der Waals surface area (Å²) >= 11 is 0. The molecule has 0 amide bonds. The fraction of sp³-hybridized carbons (Fsp3) is 0.294. The van der Waals surface area contributed by atoms with E-state index in [1.165, 1.54) is 16.8 Å². The molecule has 1 heteroatoms. The quantitative estimate of drug-likeness (QED) is 0.805. The largest absolute Gasteiger partial charge is 0.381 e. The first-order valence-electron chi connectivity index (χ1n) is 6.61. The molecule has 1 aliphatic rings. The van der Waals surface area contributed by atoms with E-state index in [1.54, 1.807) is 0 Å². The van der Waals surface area contributed by atoms with E-state index in [0.717, 1.165) is 13.0 Å². The van der Waals surface area contributed by atoms with Gasteiger partial charge in [-0.1, -0.05) is 56.4 Å². The minimum absolute atomic E-state index is 0.596. The normalized spacial score (nSPS) is 14.5. The number of benzene rings is 1. The molecule has 1 aromatic carbocycles. The molecule has 18 heavy (non-hydrogen) atoms. The maximum atomic E-state index is 3.47. The predicted molar refractivity (Wildman–Crippen MR) is 80.0 cm³/mol. The first kappa shape index (κ1) is 12.7. The molecular formula is C17H21N. The van der Waals surface area contributed by atoms with Gasteiger partial charge in [-0.15, -0.1) is 0 Å². The summed E-state index contributed by atoms with van der Waals surface area (Å²) < 4.78 is 0. The van der Waals surface area contributed by atoms with E-state index in [0.29, 0.717) is 5.92 Å². The fourth-order valence-corrected chi connectivity index (χ4v) is 1.95. The van der Waals surface area contributed by atoms with Gasteiger partial charge in [-0.3, -0.25) is 0 Å². The molecule has 94 valence electrons. The molecule has 2 rings (SSSR count). The highest BCUT2D eigenvalue weighted by Gasteiger charge is 2.00. The van der Waals surface area contributed by atoms with Crippen molar-refractivity contribution in [1.82, 2.24) is 0 Å². The molecule has 1 N–H and O–H groups in total. The maximum absolute atomic E-state index is 3.47. The van der Waals surface area contributed by atoms with Crippen LogP contribution >= 0.6 is 0 Å². The number of rotatable bonds is 4. The highest BCUT2D eigenvalue weighted by molar-refractivity contribution is 5.46. The predicted octanol–water partition coefficient (Wildman–Crippen LogP) is 4.66. The Kier molecular flexibility index (Phi) is 4.40. The van der Waals surface area contributed by atoms with Gasteiger partial charge in [-0.05, 0) is 35.6 Å². The van der Waals surface area contributed by atoms with Crippen LogP contribution in [0.3, 0.4) is 0 Å². The third kappa shape index (κ3) is 3.63. The molecule has 0 heterocycles. The highest BCUT2D eigenvalue weighted by atomic mass is 14.9. The highest BCUT2D eigenvalue weighted by Crippen LogP contribution is 2.17. The zero-order valence-electron chi connectivity index (χ0n) is 11.2. The second-order valence-electron chi connectivity index (χ2n) is 4.97. The van der Waals surface area contributed by atoms with Crippen LogP contribution < -0.4 is 5.32 Å². The van der Waals surface area contributed by atoms with Crippen molar-refractivity contribution in [3.05, 3.63) is 65.8 Å². The average Bonchev–Trinajstić information content (AvgIpc) is 2.65. The second kappa shape index (κ2) is 6.25. The van der Waals surface area contributed by atoms with Crippen LogP contribution in [0.25, 0.3) is 0 Å². The number of allylic oxidation sites excluding steroid dienone is 5. The molecule has 0 unspecified atom stereocenters. The Hall–Kier alpha value is -1.76. The number of nitrogens with one attached hydrogen (secondary N) is 1. The summed E-state index contributed by atoms with van der Waals surface area (Å²) in [5, 5.41) is 3.47. The zero-order valence-corrected chi connectivity index (χ0v) is 11.2. The third-order valence-electron chi connectivity index (χ3n) is 3.17. The standard InChI is InChI=1S/C17H21N/c1-14(2)16-9-11-17(12-10-16)18-13-15-7-5-3-4-6-8-15/h3-7,9-12,14,18H,8,13H2,1-2H3. The van der Waals surface area contributed by atoms with Crippen molar-refractivity contribution in [1.29, 1.82) is 0 Å². The van der Waals surface area contributed by atoms with Crippen molar-refractivity contribution in [2.45, 2.75) is 26.2 Å². The monoisotopic (exact) mass is 239 g/mol. The summed E-state index contributed by atoms with van der Waals surface area (Å²) in [6.07, 6.45) is 11.7. The third-order valence-corrected chi connectivity index (χ3v) is 3.17. The van der Waals surface area contributed by atoms with Crippen LogP contribution in [-0.4, -0.2) is 6.54 Å². The Morgan fingerprint density at radius 3 is 2.56 bits per heavy atom. The van der Waals surface area contributed by atoms with Gasteiger partial charge in [0.15, 0.2) is 0 Å². The molecule has 0 saturated heterocycles. The Morgan fingerprint density at radius 2 is 1.83 bits per heavy atom. The van der Waals surface area contributed by atoms with Crippen LogP contribution in [0.2, 0.25) is 0 Å². The van der Waals surface area contributed by atoms with E-state index in [-0.39, 0.29) is 0 Å². The summed E-state index contributed by atoms with van der Waals surface area (Å²) in [6, 6.07) is 8.74. The van der Waals surface area contributed by atoms with Crippen LogP contribution in [0.15, 0.2) is 60.2 Å². The van der Waals surface area contributed by atoms with E-state index in [9.17, 15) is 0 Å². The Balaban J connectivity index is 1.92. The number of anilines is 1. The Morgan fingerprint density at radius 1 is 1.06 bits per heavy atom. The van der Waals surface area contributed by atoms with E-state index >= 15 is 0 Å². The van der Waals surface area contributed by atoms with Gasteiger partial charge < -0.3 is 5.32 Å². The van der Waals surface area contributed by atoms with E-state index in [4.69, 9.17) is 0 Å². The summed E-state index contributed by atoms with van der Waals surface area (Å²) in [7, 11) is 0. The summed E-state index contributed by atoms with van der Waals surface area (Å²) in [6.45, 7) is 5.35. The van der Waals surface area contributed by atoms with Gasteiger partial charge in [0, 0.05) is 12.2 Å². The molecule has 0 fully saturated rings. The summed E-state index contributed by atoms with van der Waals surface area (Å²) in [5.41, 5.74) is 3.99. The molecular weight excluding hydrogens is 218 g/mol. The smallest absolute Gasteiger partial charge is 0.0366 e. The van der Waals surface area contributed by atoms with Gasteiger partial charge >= 0.3 is 0 Å². The van der Waals surface area contributed by atoms with Crippen LogP contribution in [-0.2, 0) is 0 Å². The molecule has 0 atom stereocenters. The molecule has 0 saturated carbocycles. The van der Waals surface area contributed by atoms with Crippen molar-refractivity contribution >= 4 is 5.69 Å². The van der Waals surface area contributed by atoms with Crippen molar-refractivity contribution in [2.24, 2.45) is 0 Å². The van der Waals surface area contributed by atoms with Crippen LogP contribution in [0.5, 0.6) is 0 Å². The Bertz CT molecular complexity index is 461. The molecule has 0 radical (unpaired) electrons. The topological polar surface area (TPSA) is 12.0 Å². The van der Waals surface area contributed by atoms with Gasteiger partial charge in [-0.2, -0.15) is 0 Å². The van der Waals surface area contributed by atoms with E-state index in [2.05, 4.69) is 73.8 Å². The molecule has 1 aliphatic carbocycles. The SMILES string of the molecule is CC(C)c1ccc(NCC2=CC=CC=CC2)cc1. The lowest BCUT2D eigenvalue weighted by Crippen LogP contribution is -2.04. The molecule has 0 aromatic heterocycles. The lowest BCUT2D eigenvalue weighted by molar-refractivity contribution is 0.867. The van der Waals surface area contributed by atoms with E-state index in [1.807, 2.05) is 0 Å². The summed E-state index contributed by atoms with van der Waals surface area (Å²) in [5.74, 6) is 0.596. The van der Waals surface area contributed by atoms with Crippen LogP contribution in [0.1, 0.15) is 31.7 Å². The minimum atomic E-state index is 0.596. The average molecular weight is 239 g/mol.